The number of fused-ring (bicyclic) bond motifs is 1. The fraction of sp³-hybridized carbons (Fsp3) is 0. The molecule has 0 unspecified atom stereocenters. The third kappa shape index (κ3) is 3.21. The minimum atomic E-state index is -0.206. The van der Waals surface area contributed by atoms with Gasteiger partial charge in [-0.25, -0.2) is 0 Å². The Bertz CT molecular complexity index is 756. The first-order valence-corrected chi connectivity index (χ1v) is 7.27. The second-order valence-corrected chi connectivity index (χ2v) is 5.23. The molecule has 104 valence electrons. The molecular weight excluding hydrogens is 282 g/mol. The number of carbonyl (C=O) groups is 1. The molecule has 0 fully saturated rings. The lowest BCUT2D eigenvalue weighted by atomic mass is 10.1. The van der Waals surface area contributed by atoms with Crippen LogP contribution in [-0.2, 0) is 0 Å². The highest BCUT2D eigenvalue weighted by Gasteiger charge is 2.10. The van der Waals surface area contributed by atoms with Crippen molar-refractivity contribution in [2.45, 2.75) is 4.90 Å². The second kappa shape index (κ2) is 6.39. The van der Waals surface area contributed by atoms with Gasteiger partial charge in [0.2, 0.25) is 0 Å². The Morgan fingerprint density at radius 1 is 0.952 bits per heavy atom. The number of carbonyl (C=O) groups excluding carboxylic acids is 1. The zero-order chi connectivity index (χ0) is 14.5. The molecule has 21 heavy (non-hydrogen) atoms. The minimum Gasteiger partial charge on any atom is -0.277 e. The van der Waals surface area contributed by atoms with Crippen molar-refractivity contribution in [1.29, 1.82) is 0 Å². The molecule has 5 heteroatoms. The van der Waals surface area contributed by atoms with Gasteiger partial charge < -0.3 is 0 Å². The van der Waals surface area contributed by atoms with Gasteiger partial charge in [-0.05, 0) is 36.2 Å². The fourth-order valence-electron chi connectivity index (χ4n) is 1.97. The Hall–Kier alpha value is -2.37. The highest BCUT2D eigenvalue weighted by Crippen LogP contribution is 2.16. The van der Waals surface area contributed by atoms with Gasteiger partial charge in [-0.2, -0.15) is 4.83 Å². The van der Waals surface area contributed by atoms with Crippen LogP contribution in [0.5, 0.6) is 0 Å². The Kier molecular flexibility index (Phi) is 4.14. The van der Waals surface area contributed by atoms with Gasteiger partial charge in [0.05, 0.1) is 11.1 Å². The minimum absolute atomic E-state index is 0.206. The Labute approximate surface area is 126 Å². The monoisotopic (exact) mass is 295 g/mol. The molecule has 0 aliphatic heterocycles. The van der Waals surface area contributed by atoms with E-state index in [1.165, 1.54) is 11.9 Å². The lowest BCUT2D eigenvalue weighted by molar-refractivity contribution is 0.0948. The standard InChI is InChI=1S/C16H13N3OS/c20-16(18-19-21-13-8-2-1-3-9-13)14-10-4-6-12-7-5-11-17-15(12)14/h1-11,19H,(H,18,20). The predicted molar refractivity (Wildman–Crippen MR) is 84.6 cm³/mol. The highest BCUT2D eigenvalue weighted by molar-refractivity contribution is 7.97. The van der Waals surface area contributed by atoms with Gasteiger partial charge in [0.25, 0.3) is 5.91 Å². The number of amides is 1. The first-order chi connectivity index (χ1) is 10.3. The highest BCUT2D eigenvalue weighted by atomic mass is 32.2. The predicted octanol–water partition coefficient (Wildman–Crippen LogP) is 3.18. The zero-order valence-corrected chi connectivity index (χ0v) is 11.9. The zero-order valence-electron chi connectivity index (χ0n) is 11.1. The van der Waals surface area contributed by atoms with Gasteiger partial charge in [-0.1, -0.05) is 36.4 Å². The Morgan fingerprint density at radius 2 is 1.76 bits per heavy atom. The molecule has 0 atom stereocenters. The molecule has 0 saturated heterocycles. The molecule has 3 rings (SSSR count). The van der Waals surface area contributed by atoms with Crippen molar-refractivity contribution < 1.29 is 4.79 Å². The van der Waals surface area contributed by atoms with Crippen LogP contribution in [0, 0.1) is 0 Å². The molecule has 1 amide bonds. The summed E-state index contributed by atoms with van der Waals surface area (Å²) >= 11 is 1.35. The van der Waals surface area contributed by atoms with Crippen molar-refractivity contribution in [3.63, 3.8) is 0 Å². The van der Waals surface area contributed by atoms with Crippen LogP contribution in [0.1, 0.15) is 10.4 Å². The fourth-order valence-corrected chi connectivity index (χ4v) is 2.53. The molecule has 0 saturated carbocycles. The Morgan fingerprint density at radius 3 is 2.62 bits per heavy atom. The summed E-state index contributed by atoms with van der Waals surface area (Å²) in [5, 5.41) is 0.945. The topological polar surface area (TPSA) is 54.0 Å². The molecule has 0 aliphatic rings. The van der Waals surface area contributed by atoms with Crippen LogP contribution < -0.4 is 10.3 Å². The lowest BCUT2D eigenvalue weighted by Gasteiger charge is -2.08. The van der Waals surface area contributed by atoms with Crippen molar-refractivity contribution in [3.05, 3.63) is 72.4 Å². The van der Waals surface area contributed by atoms with Crippen LogP contribution in [0.2, 0.25) is 0 Å². The van der Waals surface area contributed by atoms with Crippen LogP contribution in [0.3, 0.4) is 0 Å². The number of hydrogen-bond donors (Lipinski definition) is 2. The SMILES string of the molecule is O=C(NNSc1ccccc1)c1cccc2cccnc12. The molecule has 1 aromatic heterocycles. The molecule has 0 aliphatic carbocycles. The van der Waals surface area contributed by atoms with E-state index in [-0.39, 0.29) is 5.91 Å². The molecule has 0 spiro atoms. The maximum Gasteiger partial charge on any atom is 0.268 e. The largest absolute Gasteiger partial charge is 0.277 e. The summed E-state index contributed by atoms with van der Waals surface area (Å²) in [5.41, 5.74) is 3.92. The van der Waals surface area contributed by atoms with E-state index in [9.17, 15) is 4.79 Å². The van der Waals surface area contributed by atoms with Gasteiger partial charge in [0.1, 0.15) is 0 Å². The van der Waals surface area contributed by atoms with Crippen molar-refractivity contribution in [2.24, 2.45) is 0 Å². The summed E-state index contributed by atoms with van der Waals surface area (Å²) in [6, 6.07) is 19.1. The summed E-state index contributed by atoms with van der Waals surface area (Å²) in [6.45, 7) is 0. The number of hydrazine groups is 1. The number of benzene rings is 2. The van der Waals surface area contributed by atoms with Crippen LogP contribution in [0.4, 0.5) is 0 Å². The van der Waals surface area contributed by atoms with Crippen LogP contribution in [0.25, 0.3) is 10.9 Å². The first-order valence-electron chi connectivity index (χ1n) is 6.45. The second-order valence-electron chi connectivity index (χ2n) is 4.35. The van der Waals surface area contributed by atoms with Crippen molar-refractivity contribution in [1.82, 2.24) is 15.2 Å². The van der Waals surface area contributed by atoms with E-state index in [1.807, 2.05) is 54.6 Å². The van der Waals surface area contributed by atoms with Crippen molar-refractivity contribution >= 4 is 28.8 Å². The summed E-state index contributed by atoms with van der Waals surface area (Å²) in [7, 11) is 0. The average molecular weight is 295 g/mol. The number of pyridine rings is 1. The van der Waals surface area contributed by atoms with E-state index >= 15 is 0 Å². The number of hydrogen-bond acceptors (Lipinski definition) is 4. The third-order valence-corrected chi connectivity index (χ3v) is 3.67. The lowest BCUT2D eigenvalue weighted by Crippen LogP contribution is -2.32. The van der Waals surface area contributed by atoms with Gasteiger partial charge in [0.15, 0.2) is 0 Å². The molecule has 1 heterocycles. The van der Waals surface area contributed by atoms with E-state index in [0.29, 0.717) is 11.1 Å². The summed E-state index contributed by atoms with van der Waals surface area (Å²) in [5.74, 6) is -0.206. The van der Waals surface area contributed by atoms with E-state index in [0.717, 1.165) is 10.3 Å². The average Bonchev–Trinajstić information content (AvgIpc) is 2.55. The summed E-state index contributed by atoms with van der Waals surface area (Å²) < 4.78 is 0. The molecule has 0 radical (unpaired) electrons. The molecule has 3 aromatic rings. The van der Waals surface area contributed by atoms with E-state index < -0.39 is 0 Å². The summed E-state index contributed by atoms with van der Waals surface area (Å²) in [4.78, 5) is 20.4. The van der Waals surface area contributed by atoms with E-state index in [2.05, 4.69) is 15.2 Å². The molecule has 2 aromatic carbocycles. The van der Waals surface area contributed by atoms with Gasteiger partial charge in [-0.3, -0.25) is 15.2 Å². The number of nitrogens with one attached hydrogen (secondary N) is 2. The number of rotatable bonds is 4. The smallest absolute Gasteiger partial charge is 0.268 e. The number of para-hydroxylation sites is 1. The maximum atomic E-state index is 12.2. The first kappa shape index (κ1) is 13.6. The quantitative estimate of drug-likeness (QED) is 0.573. The molecular formula is C16H13N3OS. The van der Waals surface area contributed by atoms with Gasteiger partial charge in [-0.15, -0.1) is 0 Å². The molecule has 0 bridgehead atoms. The van der Waals surface area contributed by atoms with Crippen LogP contribution in [-0.4, -0.2) is 10.9 Å². The number of nitrogens with zero attached hydrogens (tertiary/aromatic N) is 1. The van der Waals surface area contributed by atoms with Crippen molar-refractivity contribution in [3.8, 4) is 0 Å². The number of aromatic nitrogens is 1. The van der Waals surface area contributed by atoms with E-state index in [4.69, 9.17) is 0 Å². The third-order valence-electron chi connectivity index (χ3n) is 2.95. The summed E-state index contributed by atoms with van der Waals surface area (Å²) in [6.07, 6.45) is 1.69. The molecule has 4 nitrogen and oxygen atoms in total. The maximum absolute atomic E-state index is 12.2. The van der Waals surface area contributed by atoms with Gasteiger partial charge >= 0.3 is 0 Å². The van der Waals surface area contributed by atoms with E-state index in [1.54, 1.807) is 12.3 Å². The molecule has 2 N–H and O–H groups in total. The van der Waals surface area contributed by atoms with Crippen molar-refractivity contribution in [2.75, 3.05) is 0 Å². The van der Waals surface area contributed by atoms with Crippen LogP contribution in [0.15, 0.2) is 71.8 Å². The Balaban J connectivity index is 1.70. The van der Waals surface area contributed by atoms with Gasteiger partial charge in [0, 0.05) is 16.5 Å². The van der Waals surface area contributed by atoms with Crippen LogP contribution >= 0.6 is 11.9 Å². The normalized spacial score (nSPS) is 10.5.